The van der Waals surface area contributed by atoms with E-state index < -0.39 is 6.04 Å². The summed E-state index contributed by atoms with van der Waals surface area (Å²) >= 11 is 7.62. The average Bonchev–Trinajstić information content (AvgIpc) is 2.73. The molecule has 2 aromatic rings. The maximum Gasteiger partial charge on any atom is 0.242 e. The molecule has 2 rings (SSSR count). The molecule has 0 aromatic heterocycles. The molecule has 0 fully saturated rings. The van der Waals surface area contributed by atoms with E-state index in [0.717, 1.165) is 16.9 Å². The molecule has 0 radical (unpaired) electrons. The van der Waals surface area contributed by atoms with Gasteiger partial charge in [-0.25, -0.2) is 0 Å². The number of hydrogen-bond donors (Lipinski definition) is 1. The van der Waals surface area contributed by atoms with Gasteiger partial charge in [-0.05, 0) is 50.1 Å². The molecule has 0 saturated heterocycles. The highest BCUT2D eigenvalue weighted by atomic mass is 35.5. The number of amides is 2. The molecule has 156 valence electrons. The molecule has 0 bridgehead atoms. The maximum atomic E-state index is 13.0. The van der Waals surface area contributed by atoms with Crippen molar-refractivity contribution in [2.75, 3.05) is 5.75 Å². The summed E-state index contributed by atoms with van der Waals surface area (Å²) in [6, 6.07) is 16.9. The fourth-order valence-corrected chi connectivity index (χ4v) is 3.74. The van der Waals surface area contributed by atoms with Crippen LogP contribution in [0.1, 0.15) is 39.2 Å². The van der Waals surface area contributed by atoms with Crippen LogP contribution in [0.2, 0.25) is 5.02 Å². The molecule has 0 aliphatic heterocycles. The lowest BCUT2D eigenvalue weighted by Crippen LogP contribution is -2.49. The van der Waals surface area contributed by atoms with E-state index in [-0.39, 0.29) is 17.9 Å². The second-order valence-corrected chi connectivity index (χ2v) is 8.66. The number of thioether (sulfide) groups is 1. The van der Waals surface area contributed by atoms with Crippen LogP contribution in [-0.4, -0.2) is 34.6 Å². The molecule has 0 aliphatic carbocycles. The first-order chi connectivity index (χ1) is 13.9. The smallest absolute Gasteiger partial charge is 0.242 e. The van der Waals surface area contributed by atoms with Gasteiger partial charge in [-0.1, -0.05) is 48.9 Å². The lowest BCUT2D eigenvalue weighted by atomic mass is 10.1. The Morgan fingerprint density at radius 2 is 1.72 bits per heavy atom. The molecule has 1 N–H and O–H groups in total. The molecule has 2 amide bonds. The summed E-state index contributed by atoms with van der Waals surface area (Å²) in [7, 11) is 0. The lowest BCUT2D eigenvalue weighted by Gasteiger charge is -2.29. The number of halogens is 1. The molecule has 29 heavy (non-hydrogen) atoms. The van der Waals surface area contributed by atoms with Crippen LogP contribution in [-0.2, 0) is 16.1 Å². The number of rotatable bonds is 10. The third-order valence-corrected chi connectivity index (χ3v) is 6.03. The van der Waals surface area contributed by atoms with Crippen LogP contribution < -0.4 is 5.32 Å². The molecule has 2 aromatic carbocycles. The van der Waals surface area contributed by atoms with Crippen molar-refractivity contribution < 1.29 is 9.59 Å². The number of benzene rings is 2. The number of carbonyl (C=O) groups is 2. The van der Waals surface area contributed by atoms with E-state index >= 15 is 0 Å². The summed E-state index contributed by atoms with van der Waals surface area (Å²) in [5.41, 5.74) is 0.946. The normalized spacial score (nSPS) is 12.8. The molecule has 0 heterocycles. The maximum absolute atomic E-state index is 13.0. The summed E-state index contributed by atoms with van der Waals surface area (Å²) in [5, 5.41) is 3.63. The van der Waals surface area contributed by atoms with E-state index in [4.69, 9.17) is 11.6 Å². The van der Waals surface area contributed by atoms with Crippen molar-refractivity contribution in [2.45, 2.75) is 57.1 Å². The van der Waals surface area contributed by atoms with E-state index in [0.29, 0.717) is 23.7 Å². The highest BCUT2D eigenvalue weighted by molar-refractivity contribution is 7.99. The molecule has 6 heteroatoms. The predicted molar refractivity (Wildman–Crippen MR) is 121 cm³/mol. The zero-order valence-corrected chi connectivity index (χ0v) is 18.8. The van der Waals surface area contributed by atoms with E-state index in [2.05, 4.69) is 5.32 Å². The second kappa shape index (κ2) is 11.9. The summed E-state index contributed by atoms with van der Waals surface area (Å²) in [4.78, 5) is 28.5. The molecule has 4 nitrogen and oxygen atoms in total. The Morgan fingerprint density at radius 3 is 2.34 bits per heavy atom. The number of carbonyl (C=O) groups excluding carboxylic acids is 2. The Labute approximate surface area is 183 Å². The third kappa shape index (κ3) is 7.75. The van der Waals surface area contributed by atoms with Gasteiger partial charge in [-0.3, -0.25) is 9.59 Å². The van der Waals surface area contributed by atoms with Gasteiger partial charge in [0.05, 0.1) is 0 Å². The van der Waals surface area contributed by atoms with E-state index in [1.807, 2.05) is 56.3 Å². The van der Waals surface area contributed by atoms with Crippen LogP contribution in [0.3, 0.4) is 0 Å². The number of hydrogen-bond acceptors (Lipinski definition) is 3. The molecule has 2 atom stereocenters. The second-order valence-electron chi connectivity index (χ2n) is 7.05. The largest absolute Gasteiger partial charge is 0.352 e. The average molecular weight is 433 g/mol. The number of nitrogens with zero attached hydrogens (tertiary/aromatic N) is 1. The van der Waals surface area contributed by atoms with Gasteiger partial charge in [0, 0.05) is 34.7 Å². The molecule has 0 saturated carbocycles. The van der Waals surface area contributed by atoms with Gasteiger partial charge < -0.3 is 10.2 Å². The minimum Gasteiger partial charge on any atom is -0.352 e. The van der Waals surface area contributed by atoms with E-state index in [1.54, 1.807) is 35.7 Å². The predicted octanol–water partition coefficient (Wildman–Crippen LogP) is 5.15. The SMILES string of the molecule is CC[C@@H](C)NC(=O)[C@@H](C)N(Cc1ccc(Cl)cc1)C(=O)CCSc1ccccc1. The lowest BCUT2D eigenvalue weighted by molar-refractivity contribution is -0.140. The zero-order chi connectivity index (χ0) is 21.2. The van der Waals surface area contributed by atoms with Gasteiger partial charge in [0.25, 0.3) is 0 Å². The van der Waals surface area contributed by atoms with Crippen LogP contribution in [0.15, 0.2) is 59.5 Å². The minimum absolute atomic E-state index is 0.0322. The van der Waals surface area contributed by atoms with Crippen molar-refractivity contribution >= 4 is 35.2 Å². The highest BCUT2D eigenvalue weighted by Crippen LogP contribution is 2.20. The van der Waals surface area contributed by atoms with Gasteiger partial charge in [0.1, 0.15) is 6.04 Å². The monoisotopic (exact) mass is 432 g/mol. The van der Waals surface area contributed by atoms with Gasteiger partial charge in [-0.15, -0.1) is 11.8 Å². The van der Waals surface area contributed by atoms with Crippen LogP contribution in [0, 0.1) is 0 Å². The first kappa shape index (κ1) is 23.3. The van der Waals surface area contributed by atoms with Crippen molar-refractivity contribution in [2.24, 2.45) is 0 Å². The molecule has 0 unspecified atom stereocenters. The van der Waals surface area contributed by atoms with Crippen molar-refractivity contribution in [1.29, 1.82) is 0 Å². The molecular weight excluding hydrogens is 404 g/mol. The first-order valence-corrected chi connectivity index (χ1v) is 11.3. The van der Waals surface area contributed by atoms with Gasteiger partial charge in [-0.2, -0.15) is 0 Å². The topological polar surface area (TPSA) is 49.4 Å². The molecule has 0 aliphatic rings. The van der Waals surface area contributed by atoms with Crippen LogP contribution >= 0.6 is 23.4 Å². The minimum atomic E-state index is -0.547. The molecular formula is C23H29ClN2O2S. The Kier molecular flexibility index (Phi) is 9.55. The quantitative estimate of drug-likeness (QED) is 0.528. The zero-order valence-electron chi connectivity index (χ0n) is 17.2. The Bertz CT molecular complexity index is 783. The fourth-order valence-electron chi connectivity index (χ4n) is 2.75. The molecule has 0 spiro atoms. The van der Waals surface area contributed by atoms with E-state index in [1.165, 1.54) is 0 Å². The van der Waals surface area contributed by atoms with Crippen molar-refractivity contribution in [3.63, 3.8) is 0 Å². The number of nitrogens with one attached hydrogen (secondary N) is 1. The van der Waals surface area contributed by atoms with Crippen molar-refractivity contribution in [3.05, 3.63) is 65.2 Å². The summed E-state index contributed by atoms with van der Waals surface area (Å²) < 4.78 is 0. The summed E-state index contributed by atoms with van der Waals surface area (Å²) in [6.07, 6.45) is 1.21. The highest BCUT2D eigenvalue weighted by Gasteiger charge is 2.26. The van der Waals surface area contributed by atoms with Crippen LogP contribution in [0.25, 0.3) is 0 Å². The fraction of sp³-hybridized carbons (Fsp3) is 0.391. The summed E-state index contributed by atoms with van der Waals surface area (Å²) in [6.45, 7) is 6.15. The third-order valence-electron chi connectivity index (χ3n) is 4.76. The van der Waals surface area contributed by atoms with Crippen molar-refractivity contribution in [3.8, 4) is 0 Å². The standard InChI is InChI=1S/C23H29ClN2O2S/c1-4-17(2)25-23(28)18(3)26(16-19-10-12-20(24)13-11-19)22(27)14-15-29-21-8-6-5-7-9-21/h5-13,17-18H,4,14-16H2,1-3H3,(H,25,28)/t17-,18-/m1/s1. The van der Waals surface area contributed by atoms with E-state index in [9.17, 15) is 9.59 Å². The Morgan fingerprint density at radius 1 is 1.07 bits per heavy atom. The Hall–Kier alpha value is -1.98. The van der Waals surface area contributed by atoms with Gasteiger partial charge in [0.2, 0.25) is 11.8 Å². The Balaban J connectivity index is 2.06. The summed E-state index contributed by atoms with van der Waals surface area (Å²) in [5.74, 6) is 0.507. The van der Waals surface area contributed by atoms with Gasteiger partial charge >= 0.3 is 0 Å². The van der Waals surface area contributed by atoms with Crippen molar-refractivity contribution in [1.82, 2.24) is 10.2 Å². The first-order valence-electron chi connectivity index (χ1n) is 9.92. The van der Waals surface area contributed by atoms with Crippen LogP contribution in [0.5, 0.6) is 0 Å². The van der Waals surface area contributed by atoms with Gasteiger partial charge in [0.15, 0.2) is 0 Å². The van der Waals surface area contributed by atoms with Crippen LogP contribution in [0.4, 0.5) is 0 Å².